The smallest absolute Gasteiger partial charge is 0.239 e. The minimum Gasteiger partial charge on any atom is -0.347 e. The molecule has 20 heavy (non-hydrogen) atoms. The van der Waals surface area contributed by atoms with E-state index in [1.54, 1.807) is 4.90 Å². The van der Waals surface area contributed by atoms with Crippen molar-refractivity contribution >= 4 is 5.91 Å². The molecule has 1 aliphatic rings. The number of amides is 1. The van der Waals surface area contributed by atoms with Crippen molar-refractivity contribution in [3.63, 3.8) is 0 Å². The van der Waals surface area contributed by atoms with Gasteiger partial charge in [-0.25, -0.2) is 4.98 Å². The van der Waals surface area contributed by atoms with Gasteiger partial charge in [-0.05, 0) is 45.7 Å². The van der Waals surface area contributed by atoms with Crippen molar-refractivity contribution in [2.45, 2.75) is 39.3 Å². The highest BCUT2D eigenvalue weighted by Crippen LogP contribution is 2.21. The molecular formula is C15H26N4O. The quantitative estimate of drug-likeness (QED) is 0.835. The van der Waals surface area contributed by atoms with Gasteiger partial charge in [-0.3, -0.25) is 9.69 Å². The summed E-state index contributed by atoms with van der Waals surface area (Å²) in [6.45, 7) is 7.14. The molecule has 112 valence electrons. The Hall–Kier alpha value is -1.36. The molecule has 0 aromatic carbocycles. The largest absolute Gasteiger partial charge is 0.347 e. The van der Waals surface area contributed by atoms with Crippen LogP contribution in [0.15, 0.2) is 12.4 Å². The van der Waals surface area contributed by atoms with Gasteiger partial charge in [0.2, 0.25) is 5.91 Å². The molecule has 0 saturated carbocycles. The highest BCUT2D eigenvalue weighted by atomic mass is 16.2. The van der Waals surface area contributed by atoms with Gasteiger partial charge in [-0.15, -0.1) is 0 Å². The second kappa shape index (κ2) is 6.39. The molecule has 0 N–H and O–H groups in total. The third kappa shape index (κ3) is 3.39. The molecule has 1 saturated heterocycles. The van der Waals surface area contributed by atoms with Crippen LogP contribution in [0.4, 0.5) is 0 Å². The molecule has 0 radical (unpaired) electrons. The maximum atomic E-state index is 12.0. The normalized spacial score (nSPS) is 19.0. The zero-order valence-electron chi connectivity index (χ0n) is 13.0. The fourth-order valence-electron chi connectivity index (χ4n) is 2.93. The predicted octanol–water partition coefficient (Wildman–Crippen LogP) is 1.38. The Morgan fingerprint density at radius 3 is 2.60 bits per heavy atom. The zero-order valence-corrected chi connectivity index (χ0v) is 13.0. The molecule has 0 aliphatic carbocycles. The number of carbonyl (C=O) groups excluding carboxylic acids is 1. The number of piperidine rings is 1. The molecule has 1 amide bonds. The number of nitrogens with zero attached hydrogens (tertiary/aromatic N) is 4. The number of carbonyl (C=O) groups is 1. The summed E-state index contributed by atoms with van der Waals surface area (Å²) >= 11 is 0. The first-order chi connectivity index (χ1) is 9.49. The van der Waals surface area contributed by atoms with Gasteiger partial charge in [0, 0.05) is 33.0 Å². The van der Waals surface area contributed by atoms with Crippen LogP contribution >= 0.6 is 0 Å². The van der Waals surface area contributed by atoms with Gasteiger partial charge in [0.05, 0.1) is 6.04 Å². The van der Waals surface area contributed by atoms with Crippen LogP contribution < -0.4 is 0 Å². The van der Waals surface area contributed by atoms with Gasteiger partial charge < -0.3 is 9.47 Å². The molecule has 1 aliphatic heterocycles. The Bertz CT molecular complexity index is 446. The van der Waals surface area contributed by atoms with Gasteiger partial charge in [-0.2, -0.15) is 0 Å². The van der Waals surface area contributed by atoms with Gasteiger partial charge >= 0.3 is 0 Å². The molecule has 1 atom stereocenters. The van der Waals surface area contributed by atoms with Crippen LogP contribution in [-0.4, -0.2) is 58.5 Å². The Kier molecular flexibility index (Phi) is 4.81. The number of likely N-dealkylation sites (N-methyl/N-ethyl adjacent to an activating group) is 1. The van der Waals surface area contributed by atoms with Crippen molar-refractivity contribution in [3.8, 4) is 0 Å². The lowest BCUT2D eigenvalue weighted by atomic mass is 9.95. The Balaban J connectivity index is 1.83. The van der Waals surface area contributed by atoms with Crippen LogP contribution in [0, 0.1) is 12.8 Å². The first kappa shape index (κ1) is 15.0. The average molecular weight is 278 g/mol. The number of imidazole rings is 1. The maximum Gasteiger partial charge on any atom is 0.239 e. The van der Waals surface area contributed by atoms with E-state index in [2.05, 4.69) is 20.6 Å². The van der Waals surface area contributed by atoms with E-state index in [1.807, 2.05) is 34.1 Å². The van der Waals surface area contributed by atoms with Crippen molar-refractivity contribution in [1.29, 1.82) is 0 Å². The fourth-order valence-corrected chi connectivity index (χ4v) is 2.93. The van der Waals surface area contributed by atoms with Crippen molar-refractivity contribution in [2.24, 2.45) is 5.92 Å². The van der Waals surface area contributed by atoms with Crippen molar-refractivity contribution in [2.75, 3.05) is 27.2 Å². The third-order valence-electron chi connectivity index (χ3n) is 4.37. The number of aromatic nitrogens is 2. The van der Waals surface area contributed by atoms with E-state index in [0.717, 1.165) is 38.3 Å². The molecule has 1 fully saturated rings. The Labute approximate surface area is 121 Å². The molecule has 2 rings (SSSR count). The minimum atomic E-state index is 0.000862. The van der Waals surface area contributed by atoms with E-state index in [1.165, 1.54) is 0 Å². The summed E-state index contributed by atoms with van der Waals surface area (Å²) in [4.78, 5) is 20.3. The SMILES string of the molecule is Cc1nccn1CC1CCN([C@@H](C)C(=O)N(C)C)CC1. The highest BCUT2D eigenvalue weighted by Gasteiger charge is 2.27. The molecule has 1 aromatic rings. The summed E-state index contributed by atoms with van der Waals surface area (Å²) in [7, 11) is 3.65. The van der Waals surface area contributed by atoms with E-state index in [9.17, 15) is 4.79 Å². The van der Waals surface area contributed by atoms with E-state index in [0.29, 0.717) is 5.92 Å². The number of rotatable bonds is 4. The standard InChI is InChI=1S/C15H26N4O/c1-12(15(20)17(3)4)18-8-5-14(6-9-18)11-19-10-7-16-13(19)2/h7,10,12,14H,5-6,8-9,11H2,1-4H3/t12-/m0/s1. The summed E-state index contributed by atoms with van der Waals surface area (Å²) in [5.74, 6) is 1.98. The van der Waals surface area contributed by atoms with Crippen LogP contribution in [-0.2, 0) is 11.3 Å². The molecule has 5 nitrogen and oxygen atoms in total. The molecule has 0 spiro atoms. The number of hydrogen-bond donors (Lipinski definition) is 0. The lowest BCUT2D eigenvalue weighted by Gasteiger charge is -2.36. The zero-order chi connectivity index (χ0) is 14.7. The van der Waals surface area contributed by atoms with E-state index >= 15 is 0 Å². The van der Waals surface area contributed by atoms with Gasteiger partial charge in [0.15, 0.2) is 0 Å². The summed E-state index contributed by atoms with van der Waals surface area (Å²) in [5.41, 5.74) is 0. The lowest BCUT2D eigenvalue weighted by molar-refractivity contribution is -0.134. The number of aryl methyl sites for hydroxylation is 1. The molecule has 0 unspecified atom stereocenters. The van der Waals surface area contributed by atoms with Crippen LogP contribution in [0.1, 0.15) is 25.6 Å². The third-order valence-corrected chi connectivity index (χ3v) is 4.37. The highest BCUT2D eigenvalue weighted by molar-refractivity contribution is 5.80. The van der Waals surface area contributed by atoms with Crippen LogP contribution in [0.2, 0.25) is 0 Å². The molecule has 0 bridgehead atoms. The summed E-state index contributed by atoms with van der Waals surface area (Å²) < 4.78 is 2.23. The van der Waals surface area contributed by atoms with Gasteiger partial charge in [-0.1, -0.05) is 0 Å². The van der Waals surface area contributed by atoms with Crippen LogP contribution in [0.5, 0.6) is 0 Å². The Morgan fingerprint density at radius 2 is 2.10 bits per heavy atom. The van der Waals surface area contributed by atoms with Crippen LogP contribution in [0.25, 0.3) is 0 Å². The molecule has 2 heterocycles. The van der Waals surface area contributed by atoms with Crippen molar-refractivity contribution in [1.82, 2.24) is 19.4 Å². The topological polar surface area (TPSA) is 41.4 Å². The average Bonchev–Trinajstić information content (AvgIpc) is 2.83. The summed E-state index contributed by atoms with van der Waals surface area (Å²) in [6, 6.07) is 0.000862. The maximum absolute atomic E-state index is 12.0. The first-order valence-corrected chi connectivity index (χ1v) is 7.42. The monoisotopic (exact) mass is 278 g/mol. The first-order valence-electron chi connectivity index (χ1n) is 7.42. The second-order valence-corrected chi connectivity index (χ2v) is 6.01. The fraction of sp³-hybridized carbons (Fsp3) is 0.733. The van der Waals surface area contributed by atoms with E-state index < -0.39 is 0 Å². The van der Waals surface area contributed by atoms with Crippen molar-refractivity contribution < 1.29 is 4.79 Å². The molecular weight excluding hydrogens is 252 g/mol. The summed E-state index contributed by atoms with van der Waals surface area (Å²) in [5, 5.41) is 0. The second-order valence-electron chi connectivity index (χ2n) is 6.01. The van der Waals surface area contributed by atoms with Gasteiger partial charge in [0.1, 0.15) is 5.82 Å². The van der Waals surface area contributed by atoms with Crippen LogP contribution in [0.3, 0.4) is 0 Å². The van der Waals surface area contributed by atoms with E-state index in [4.69, 9.17) is 0 Å². The number of likely N-dealkylation sites (tertiary alicyclic amines) is 1. The number of hydrogen-bond acceptors (Lipinski definition) is 3. The molecule has 5 heteroatoms. The van der Waals surface area contributed by atoms with Crippen molar-refractivity contribution in [3.05, 3.63) is 18.2 Å². The Morgan fingerprint density at radius 1 is 1.45 bits per heavy atom. The lowest BCUT2D eigenvalue weighted by Crippen LogP contribution is -2.48. The minimum absolute atomic E-state index is 0.000862. The van der Waals surface area contributed by atoms with Gasteiger partial charge in [0.25, 0.3) is 0 Å². The molecule has 1 aromatic heterocycles. The van der Waals surface area contributed by atoms with E-state index in [-0.39, 0.29) is 11.9 Å². The predicted molar refractivity (Wildman–Crippen MR) is 79.4 cm³/mol. The summed E-state index contributed by atoms with van der Waals surface area (Å²) in [6.07, 6.45) is 6.23.